The second kappa shape index (κ2) is 8.25. The zero-order chi connectivity index (χ0) is 14.1. The van der Waals surface area contributed by atoms with Gasteiger partial charge in [-0.25, -0.2) is 9.97 Å². The third kappa shape index (κ3) is 6.01. The summed E-state index contributed by atoms with van der Waals surface area (Å²) in [5.74, 6) is 2.01. The summed E-state index contributed by atoms with van der Waals surface area (Å²) in [5.41, 5.74) is 0. The Morgan fingerprint density at radius 3 is 2.68 bits per heavy atom. The summed E-state index contributed by atoms with van der Waals surface area (Å²) in [6, 6.07) is 1.81. The Morgan fingerprint density at radius 2 is 2.05 bits per heavy atom. The molecule has 0 radical (unpaired) electrons. The molecule has 1 rings (SSSR count). The number of aromatic nitrogens is 2. The molecule has 0 atom stereocenters. The molecule has 106 valence electrons. The lowest BCUT2D eigenvalue weighted by molar-refractivity contribution is -0.118. The van der Waals surface area contributed by atoms with Crippen molar-refractivity contribution < 1.29 is 9.53 Å². The van der Waals surface area contributed by atoms with Crippen LogP contribution < -0.4 is 16.0 Å². The Bertz CT molecular complexity index is 411. The summed E-state index contributed by atoms with van der Waals surface area (Å²) in [5, 5.41) is 8.81. The number of amides is 1. The molecular weight excluding hydrogens is 246 g/mol. The van der Waals surface area contributed by atoms with E-state index in [1.54, 1.807) is 7.05 Å². The smallest absolute Gasteiger partial charge is 0.216 e. The van der Waals surface area contributed by atoms with Gasteiger partial charge in [0.05, 0.1) is 0 Å². The van der Waals surface area contributed by atoms with Crippen molar-refractivity contribution in [2.75, 3.05) is 37.4 Å². The van der Waals surface area contributed by atoms with E-state index in [1.807, 2.05) is 13.0 Å². The summed E-state index contributed by atoms with van der Waals surface area (Å²) in [7, 11) is 1.80. The second-order valence-corrected chi connectivity index (χ2v) is 3.85. The number of carbonyl (C=O) groups is 1. The molecule has 0 aromatic carbocycles. The molecule has 0 unspecified atom stereocenters. The summed E-state index contributed by atoms with van der Waals surface area (Å²) >= 11 is 0. The Balaban J connectivity index is 2.57. The highest BCUT2D eigenvalue weighted by Crippen LogP contribution is 2.11. The zero-order valence-electron chi connectivity index (χ0n) is 11.6. The standard InChI is InChI=1S/C12H21N5O2/c1-4-19-8-12-16-10(13-3)7-11(17-12)15-6-5-14-9(2)18/h7H,4-6,8H2,1-3H3,(H,14,18)(H2,13,15,16,17). The number of nitrogens with zero attached hydrogens (tertiary/aromatic N) is 2. The van der Waals surface area contributed by atoms with Crippen LogP contribution in [0.3, 0.4) is 0 Å². The van der Waals surface area contributed by atoms with E-state index in [0.29, 0.717) is 37.9 Å². The van der Waals surface area contributed by atoms with E-state index in [9.17, 15) is 4.79 Å². The van der Waals surface area contributed by atoms with E-state index >= 15 is 0 Å². The minimum atomic E-state index is -0.0440. The SMILES string of the molecule is CCOCc1nc(NC)cc(NCCNC(C)=O)n1. The molecule has 0 bridgehead atoms. The Kier molecular flexibility index (Phi) is 6.59. The molecule has 7 nitrogen and oxygen atoms in total. The predicted octanol–water partition coefficient (Wildman–Crippen LogP) is 0.603. The van der Waals surface area contributed by atoms with Gasteiger partial charge in [-0.1, -0.05) is 0 Å². The molecule has 0 aliphatic heterocycles. The number of hydrogen-bond acceptors (Lipinski definition) is 6. The van der Waals surface area contributed by atoms with Crippen LogP contribution in [0.25, 0.3) is 0 Å². The van der Waals surface area contributed by atoms with Crippen molar-refractivity contribution in [2.24, 2.45) is 0 Å². The molecule has 7 heteroatoms. The lowest BCUT2D eigenvalue weighted by Crippen LogP contribution is -2.26. The van der Waals surface area contributed by atoms with Gasteiger partial charge in [-0.3, -0.25) is 4.79 Å². The van der Waals surface area contributed by atoms with Crippen LogP contribution in [-0.4, -0.2) is 42.6 Å². The highest BCUT2D eigenvalue weighted by molar-refractivity contribution is 5.72. The normalized spacial score (nSPS) is 10.1. The topological polar surface area (TPSA) is 88.2 Å². The number of rotatable bonds is 8. The lowest BCUT2D eigenvalue weighted by atomic mass is 10.4. The van der Waals surface area contributed by atoms with Gasteiger partial charge >= 0.3 is 0 Å². The van der Waals surface area contributed by atoms with Gasteiger partial charge in [-0.05, 0) is 6.92 Å². The van der Waals surface area contributed by atoms with Gasteiger partial charge in [0, 0.05) is 39.7 Å². The largest absolute Gasteiger partial charge is 0.374 e. The minimum Gasteiger partial charge on any atom is -0.374 e. The molecule has 0 saturated carbocycles. The molecule has 1 aromatic heterocycles. The molecule has 19 heavy (non-hydrogen) atoms. The third-order valence-electron chi connectivity index (χ3n) is 2.27. The fraction of sp³-hybridized carbons (Fsp3) is 0.583. The molecule has 1 heterocycles. The quantitative estimate of drug-likeness (QED) is 0.598. The van der Waals surface area contributed by atoms with Crippen LogP contribution in [0.4, 0.5) is 11.6 Å². The van der Waals surface area contributed by atoms with Gasteiger partial charge in [-0.15, -0.1) is 0 Å². The van der Waals surface area contributed by atoms with Crippen LogP contribution in [0.5, 0.6) is 0 Å². The van der Waals surface area contributed by atoms with Crippen molar-refractivity contribution in [1.29, 1.82) is 0 Å². The first-order valence-electron chi connectivity index (χ1n) is 6.27. The summed E-state index contributed by atoms with van der Waals surface area (Å²) in [6.07, 6.45) is 0. The van der Waals surface area contributed by atoms with Gasteiger partial charge in [0.25, 0.3) is 0 Å². The summed E-state index contributed by atoms with van der Waals surface area (Å²) < 4.78 is 5.29. The minimum absolute atomic E-state index is 0.0440. The van der Waals surface area contributed by atoms with E-state index in [-0.39, 0.29) is 5.91 Å². The molecule has 0 saturated heterocycles. The molecule has 0 aliphatic carbocycles. The van der Waals surface area contributed by atoms with Crippen molar-refractivity contribution in [2.45, 2.75) is 20.5 Å². The average molecular weight is 267 g/mol. The molecule has 0 fully saturated rings. The fourth-order valence-electron chi connectivity index (χ4n) is 1.40. The van der Waals surface area contributed by atoms with E-state index in [0.717, 1.165) is 5.82 Å². The first-order valence-corrected chi connectivity index (χ1v) is 6.27. The van der Waals surface area contributed by atoms with Gasteiger partial charge in [0.15, 0.2) is 5.82 Å². The lowest BCUT2D eigenvalue weighted by Gasteiger charge is -2.10. The highest BCUT2D eigenvalue weighted by Gasteiger charge is 2.03. The fourth-order valence-corrected chi connectivity index (χ4v) is 1.40. The number of hydrogen-bond donors (Lipinski definition) is 3. The number of anilines is 2. The number of nitrogens with one attached hydrogen (secondary N) is 3. The Morgan fingerprint density at radius 1 is 1.32 bits per heavy atom. The van der Waals surface area contributed by atoms with Crippen molar-refractivity contribution in [3.63, 3.8) is 0 Å². The first-order chi connectivity index (χ1) is 9.15. The monoisotopic (exact) mass is 267 g/mol. The Hall–Kier alpha value is -1.89. The predicted molar refractivity (Wildman–Crippen MR) is 74.1 cm³/mol. The van der Waals surface area contributed by atoms with Gasteiger partial charge in [-0.2, -0.15) is 0 Å². The number of ether oxygens (including phenoxy) is 1. The van der Waals surface area contributed by atoms with Crippen LogP contribution in [0.1, 0.15) is 19.7 Å². The van der Waals surface area contributed by atoms with E-state index in [4.69, 9.17) is 4.74 Å². The summed E-state index contributed by atoms with van der Waals surface area (Å²) in [6.45, 7) is 5.58. The third-order valence-corrected chi connectivity index (χ3v) is 2.27. The molecule has 3 N–H and O–H groups in total. The molecule has 0 spiro atoms. The van der Waals surface area contributed by atoms with Gasteiger partial charge in [0.2, 0.25) is 5.91 Å². The van der Waals surface area contributed by atoms with Crippen molar-refractivity contribution in [3.05, 3.63) is 11.9 Å². The van der Waals surface area contributed by atoms with E-state index in [2.05, 4.69) is 25.9 Å². The maximum absolute atomic E-state index is 10.7. The van der Waals surface area contributed by atoms with Gasteiger partial charge < -0.3 is 20.7 Å². The Labute approximate surface area is 113 Å². The number of carbonyl (C=O) groups excluding carboxylic acids is 1. The van der Waals surface area contributed by atoms with Crippen LogP contribution in [-0.2, 0) is 16.1 Å². The summed E-state index contributed by atoms with van der Waals surface area (Å²) in [4.78, 5) is 19.4. The first kappa shape index (κ1) is 15.2. The van der Waals surface area contributed by atoms with Crippen molar-refractivity contribution >= 4 is 17.5 Å². The maximum atomic E-state index is 10.7. The average Bonchev–Trinajstić information content (AvgIpc) is 2.41. The zero-order valence-corrected chi connectivity index (χ0v) is 11.6. The second-order valence-electron chi connectivity index (χ2n) is 3.85. The van der Waals surface area contributed by atoms with Crippen molar-refractivity contribution in [3.8, 4) is 0 Å². The molecular formula is C12H21N5O2. The van der Waals surface area contributed by atoms with Crippen LogP contribution in [0.15, 0.2) is 6.07 Å². The highest BCUT2D eigenvalue weighted by atomic mass is 16.5. The van der Waals surface area contributed by atoms with Crippen molar-refractivity contribution in [1.82, 2.24) is 15.3 Å². The van der Waals surface area contributed by atoms with E-state index in [1.165, 1.54) is 6.92 Å². The van der Waals surface area contributed by atoms with Crippen LogP contribution >= 0.6 is 0 Å². The maximum Gasteiger partial charge on any atom is 0.216 e. The van der Waals surface area contributed by atoms with Crippen LogP contribution in [0, 0.1) is 0 Å². The molecule has 1 amide bonds. The van der Waals surface area contributed by atoms with Crippen LogP contribution in [0.2, 0.25) is 0 Å². The van der Waals surface area contributed by atoms with E-state index < -0.39 is 0 Å². The molecule has 0 aliphatic rings. The van der Waals surface area contributed by atoms with Gasteiger partial charge in [0.1, 0.15) is 18.2 Å². The molecule has 1 aromatic rings.